The third-order valence-electron chi connectivity index (χ3n) is 5.16. The maximum Gasteiger partial charge on any atom is 0.266 e. The minimum absolute atomic E-state index is 0.0352. The summed E-state index contributed by atoms with van der Waals surface area (Å²) < 4.78 is 7.25. The average molecular weight is 434 g/mol. The minimum Gasteiger partial charge on any atom is -0.495 e. The summed E-state index contributed by atoms with van der Waals surface area (Å²) in [6.45, 7) is 7.81. The van der Waals surface area contributed by atoms with Gasteiger partial charge < -0.3 is 14.6 Å². The highest BCUT2D eigenvalue weighted by Gasteiger charge is 2.15. The van der Waals surface area contributed by atoms with Gasteiger partial charge in [-0.3, -0.25) is 4.79 Å². The van der Waals surface area contributed by atoms with Crippen molar-refractivity contribution < 1.29 is 9.53 Å². The lowest BCUT2D eigenvalue weighted by atomic mass is 10.1. The second-order valence-electron chi connectivity index (χ2n) is 7.42. The molecule has 0 fully saturated rings. The SMILES string of the molecule is COc1ccc(-n2c(C)cc(/C=C(\C#N)C(=O)Nc3ccc(C)cc3C)c2C)cc1Cl. The van der Waals surface area contributed by atoms with Gasteiger partial charge in [-0.1, -0.05) is 29.3 Å². The molecule has 1 aromatic heterocycles. The second kappa shape index (κ2) is 9.11. The van der Waals surface area contributed by atoms with Crippen molar-refractivity contribution in [1.82, 2.24) is 4.57 Å². The number of ether oxygens (including phenoxy) is 1. The first-order valence-corrected chi connectivity index (χ1v) is 10.2. The highest BCUT2D eigenvalue weighted by molar-refractivity contribution is 6.32. The molecule has 0 radical (unpaired) electrons. The highest BCUT2D eigenvalue weighted by Crippen LogP contribution is 2.30. The van der Waals surface area contributed by atoms with Gasteiger partial charge in [-0.05, 0) is 75.2 Å². The number of nitrogens with one attached hydrogen (secondary N) is 1. The number of methoxy groups -OCH3 is 1. The number of benzene rings is 2. The van der Waals surface area contributed by atoms with Gasteiger partial charge in [0.05, 0.1) is 12.1 Å². The Bertz CT molecular complexity index is 1230. The lowest BCUT2D eigenvalue weighted by molar-refractivity contribution is -0.112. The van der Waals surface area contributed by atoms with Crippen molar-refractivity contribution in [1.29, 1.82) is 5.26 Å². The van der Waals surface area contributed by atoms with Crippen LogP contribution in [0.2, 0.25) is 5.02 Å². The zero-order chi connectivity index (χ0) is 22.7. The fourth-order valence-electron chi connectivity index (χ4n) is 3.57. The molecule has 3 rings (SSSR count). The van der Waals surface area contributed by atoms with Crippen LogP contribution >= 0.6 is 11.6 Å². The smallest absolute Gasteiger partial charge is 0.266 e. The van der Waals surface area contributed by atoms with Crippen molar-refractivity contribution in [3.05, 3.63) is 81.1 Å². The van der Waals surface area contributed by atoms with Gasteiger partial charge in [0.1, 0.15) is 17.4 Å². The van der Waals surface area contributed by atoms with Crippen molar-refractivity contribution in [2.24, 2.45) is 0 Å². The molecule has 1 N–H and O–H groups in total. The first kappa shape index (κ1) is 22.2. The zero-order valence-corrected chi connectivity index (χ0v) is 19.0. The molecular weight excluding hydrogens is 410 g/mol. The number of halogens is 1. The number of carbonyl (C=O) groups excluding carboxylic acids is 1. The van der Waals surface area contributed by atoms with E-state index in [1.54, 1.807) is 13.2 Å². The molecule has 1 amide bonds. The van der Waals surface area contributed by atoms with E-state index in [0.29, 0.717) is 16.5 Å². The maximum atomic E-state index is 12.7. The van der Waals surface area contributed by atoms with E-state index in [1.807, 2.05) is 80.8 Å². The Morgan fingerprint density at radius 1 is 1.13 bits per heavy atom. The largest absolute Gasteiger partial charge is 0.495 e. The number of hydrogen-bond donors (Lipinski definition) is 1. The summed E-state index contributed by atoms with van der Waals surface area (Å²) in [6.07, 6.45) is 1.61. The van der Waals surface area contributed by atoms with Gasteiger partial charge in [0.15, 0.2) is 0 Å². The van der Waals surface area contributed by atoms with Crippen LogP contribution < -0.4 is 10.1 Å². The molecule has 0 bridgehead atoms. The number of hydrogen-bond acceptors (Lipinski definition) is 3. The Morgan fingerprint density at radius 3 is 2.48 bits per heavy atom. The van der Waals surface area contributed by atoms with Crippen molar-refractivity contribution in [3.63, 3.8) is 0 Å². The van der Waals surface area contributed by atoms with Crippen molar-refractivity contribution >= 4 is 29.3 Å². The zero-order valence-electron chi connectivity index (χ0n) is 18.2. The van der Waals surface area contributed by atoms with Gasteiger partial charge in [-0.2, -0.15) is 5.26 Å². The van der Waals surface area contributed by atoms with Crippen LogP contribution in [0, 0.1) is 39.0 Å². The van der Waals surface area contributed by atoms with Crippen LogP contribution in [0.4, 0.5) is 5.69 Å². The molecule has 3 aromatic rings. The molecule has 0 saturated carbocycles. The minimum atomic E-state index is -0.438. The molecule has 2 aromatic carbocycles. The fraction of sp³-hybridized carbons (Fsp3) is 0.200. The van der Waals surface area contributed by atoms with Crippen LogP contribution in [0.5, 0.6) is 5.75 Å². The van der Waals surface area contributed by atoms with Crippen LogP contribution in [-0.2, 0) is 4.79 Å². The number of nitrogens with zero attached hydrogens (tertiary/aromatic N) is 2. The summed E-state index contributed by atoms with van der Waals surface area (Å²) in [7, 11) is 1.57. The standard InChI is InChI=1S/C25H24ClN3O2/c1-15-6-8-23(16(2)10-15)28-25(30)20(14-27)12-19-11-17(3)29(18(19)4)21-7-9-24(31-5)22(26)13-21/h6-13H,1-5H3,(H,28,30)/b20-12+. The summed E-state index contributed by atoms with van der Waals surface area (Å²) >= 11 is 6.29. The Kier molecular flexibility index (Phi) is 6.53. The summed E-state index contributed by atoms with van der Waals surface area (Å²) in [5.41, 5.74) is 6.29. The molecule has 158 valence electrons. The van der Waals surface area contributed by atoms with Gasteiger partial charge in [-0.25, -0.2) is 0 Å². The van der Waals surface area contributed by atoms with E-state index in [9.17, 15) is 10.1 Å². The third-order valence-corrected chi connectivity index (χ3v) is 5.45. The van der Waals surface area contributed by atoms with Crippen LogP contribution in [0.15, 0.2) is 48.0 Å². The van der Waals surface area contributed by atoms with Crippen LogP contribution in [-0.4, -0.2) is 17.6 Å². The molecule has 0 unspecified atom stereocenters. The summed E-state index contributed by atoms with van der Waals surface area (Å²) in [6, 6.07) is 15.3. The quantitative estimate of drug-likeness (QED) is 0.401. The number of rotatable bonds is 5. The molecular formula is C25H24ClN3O2. The van der Waals surface area contributed by atoms with Crippen molar-refractivity contribution in [2.75, 3.05) is 12.4 Å². The predicted molar refractivity (Wildman–Crippen MR) is 125 cm³/mol. The van der Waals surface area contributed by atoms with Crippen LogP contribution in [0.1, 0.15) is 28.1 Å². The van der Waals surface area contributed by atoms with E-state index in [1.165, 1.54) is 0 Å². The summed E-state index contributed by atoms with van der Waals surface area (Å²) in [5.74, 6) is 0.162. The molecule has 1 heterocycles. The maximum absolute atomic E-state index is 12.7. The monoisotopic (exact) mass is 433 g/mol. The molecule has 0 aliphatic rings. The van der Waals surface area contributed by atoms with E-state index in [-0.39, 0.29) is 5.57 Å². The number of amides is 1. The van der Waals surface area contributed by atoms with E-state index in [0.717, 1.165) is 33.8 Å². The molecule has 0 aliphatic heterocycles. The lowest BCUT2D eigenvalue weighted by Crippen LogP contribution is -2.14. The number of nitriles is 1. The molecule has 0 atom stereocenters. The Morgan fingerprint density at radius 2 is 1.87 bits per heavy atom. The molecule has 5 nitrogen and oxygen atoms in total. The van der Waals surface area contributed by atoms with Crippen molar-refractivity contribution in [3.8, 4) is 17.5 Å². The Hall–Kier alpha value is -3.49. The third kappa shape index (κ3) is 4.65. The summed E-state index contributed by atoms with van der Waals surface area (Å²) in [5, 5.41) is 13.0. The molecule has 0 aliphatic carbocycles. The topological polar surface area (TPSA) is 67.0 Å². The first-order valence-electron chi connectivity index (χ1n) is 9.78. The molecule has 31 heavy (non-hydrogen) atoms. The van der Waals surface area contributed by atoms with Gasteiger partial charge in [-0.15, -0.1) is 0 Å². The van der Waals surface area contributed by atoms with Crippen LogP contribution in [0.25, 0.3) is 11.8 Å². The number of anilines is 1. The fourth-order valence-corrected chi connectivity index (χ4v) is 3.82. The second-order valence-corrected chi connectivity index (χ2v) is 7.83. The Labute approximate surface area is 187 Å². The van der Waals surface area contributed by atoms with E-state index in [4.69, 9.17) is 16.3 Å². The van der Waals surface area contributed by atoms with E-state index in [2.05, 4.69) is 5.32 Å². The lowest BCUT2D eigenvalue weighted by Gasteiger charge is -2.12. The highest BCUT2D eigenvalue weighted by atomic mass is 35.5. The van der Waals surface area contributed by atoms with E-state index < -0.39 is 5.91 Å². The van der Waals surface area contributed by atoms with Crippen LogP contribution in [0.3, 0.4) is 0 Å². The number of aromatic nitrogens is 1. The first-order chi connectivity index (χ1) is 14.7. The Balaban J connectivity index is 1.95. The molecule has 0 spiro atoms. The molecule has 0 saturated heterocycles. The van der Waals surface area contributed by atoms with Crippen molar-refractivity contribution in [2.45, 2.75) is 27.7 Å². The predicted octanol–water partition coefficient (Wildman–Crippen LogP) is 5.92. The molecule has 6 heteroatoms. The van der Waals surface area contributed by atoms with Gasteiger partial charge in [0.2, 0.25) is 0 Å². The van der Waals surface area contributed by atoms with Gasteiger partial charge in [0, 0.05) is 22.8 Å². The van der Waals surface area contributed by atoms with Gasteiger partial charge >= 0.3 is 0 Å². The number of carbonyl (C=O) groups is 1. The van der Waals surface area contributed by atoms with Gasteiger partial charge in [0.25, 0.3) is 5.91 Å². The number of aryl methyl sites for hydroxylation is 3. The summed E-state index contributed by atoms with van der Waals surface area (Å²) in [4.78, 5) is 12.7. The van der Waals surface area contributed by atoms with E-state index >= 15 is 0 Å². The average Bonchev–Trinajstić information content (AvgIpc) is 3.01. The normalized spacial score (nSPS) is 11.2.